The number of aromatic nitrogens is 4. The van der Waals surface area contributed by atoms with Crippen molar-refractivity contribution in [1.29, 1.82) is 0 Å². The largest absolute Gasteiger partial charge is 0.368 e. The Hall–Kier alpha value is -0.920. The Labute approximate surface area is 94.9 Å². The number of halogens is 1. The molecule has 5 nitrogen and oxygen atoms in total. The average molecular weight is 303 g/mol. The van der Waals surface area contributed by atoms with E-state index in [4.69, 9.17) is 5.73 Å². The van der Waals surface area contributed by atoms with Gasteiger partial charge in [0.1, 0.15) is 3.70 Å². The maximum atomic E-state index is 5.54. The van der Waals surface area contributed by atoms with Gasteiger partial charge in [0.2, 0.25) is 5.95 Å². The van der Waals surface area contributed by atoms with Crippen LogP contribution in [0.25, 0.3) is 11.0 Å². The molecule has 14 heavy (non-hydrogen) atoms. The van der Waals surface area contributed by atoms with E-state index in [1.807, 2.05) is 4.68 Å². The molecule has 0 saturated heterocycles. The van der Waals surface area contributed by atoms with Crippen LogP contribution >= 0.6 is 22.6 Å². The molecule has 2 aromatic rings. The summed E-state index contributed by atoms with van der Waals surface area (Å²) >= 11 is 2.17. The lowest BCUT2D eigenvalue weighted by atomic mass is 10.4. The van der Waals surface area contributed by atoms with E-state index in [-0.39, 0.29) is 12.0 Å². The molecule has 0 aromatic carbocycles. The van der Waals surface area contributed by atoms with Crippen LogP contribution in [-0.4, -0.2) is 19.7 Å². The maximum absolute atomic E-state index is 5.54. The van der Waals surface area contributed by atoms with Gasteiger partial charge in [0.25, 0.3) is 0 Å². The van der Waals surface area contributed by atoms with Crippen LogP contribution < -0.4 is 5.73 Å². The molecule has 0 saturated carbocycles. The van der Waals surface area contributed by atoms with Gasteiger partial charge in [-0.15, -0.1) is 0 Å². The van der Waals surface area contributed by atoms with Crippen LogP contribution in [0.3, 0.4) is 0 Å². The third-order valence-electron chi connectivity index (χ3n) is 1.91. The van der Waals surface area contributed by atoms with Gasteiger partial charge >= 0.3 is 0 Å². The zero-order chi connectivity index (χ0) is 10.3. The summed E-state index contributed by atoms with van der Waals surface area (Å²) in [6.45, 7) is 4.11. The van der Waals surface area contributed by atoms with Gasteiger partial charge < -0.3 is 5.73 Å². The number of nitrogens with two attached hydrogens (primary N) is 1. The molecule has 0 bridgehead atoms. The Morgan fingerprint density at radius 3 is 2.86 bits per heavy atom. The second-order valence-corrected chi connectivity index (χ2v) is 4.32. The molecule has 2 heterocycles. The summed E-state index contributed by atoms with van der Waals surface area (Å²) in [5.41, 5.74) is 6.34. The molecule has 2 rings (SSSR count). The van der Waals surface area contributed by atoms with Crippen molar-refractivity contribution in [1.82, 2.24) is 19.7 Å². The van der Waals surface area contributed by atoms with Crippen molar-refractivity contribution in [3.63, 3.8) is 0 Å². The molecule has 0 amide bonds. The van der Waals surface area contributed by atoms with Crippen molar-refractivity contribution in [3.05, 3.63) is 9.90 Å². The summed E-state index contributed by atoms with van der Waals surface area (Å²) in [5.74, 6) is 0.288. The van der Waals surface area contributed by atoms with E-state index >= 15 is 0 Å². The van der Waals surface area contributed by atoms with E-state index in [0.29, 0.717) is 0 Å². The van der Waals surface area contributed by atoms with Gasteiger partial charge in [0, 0.05) is 12.2 Å². The molecule has 2 N–H and O–H groups in total. The number of fused-ring (bicyclic) bond motifs is 1. The first kappa shape index (κ1) is 9.63. The molecule has 0 spiro atoms. The molecule has 0 radical (unpaired) electrons. The van der Waals surface area contributed by atoms with Crippen molar-refractivity contribution in [2.75, 3.05) is 5.73 Å². The molecule has 0 atom stereocenters. The molecular formula is C8H10IN5. The Kier molecular flexibility index (Phi) is 2.30. The van der Waals surface area contributed by atoms with Crippen LogP contribution in [0.5, 0.6) is 0 Å². The number of hydrogen-bond acceptors (Lipinski definition) is 4. The minimum absolute atomic E-state index is 0.273. The highest BCUT2D eigenvalue weighted by Crippen LogP contribution is 2.20. The third-order valence-corrected chi connectivity index (χ3v) is 2.71. The van der Waals surface area contributed by atoms with Crippen LogP contribution in [0.2, 0.25) is 0 Å². The third kappa shape index (κ3) is 1.43. The summed E-state index contributed by atoms with van der Waals surface area (Å²) < 4.78 is 2.76. The van der Waals surface area contributed by atoms with E-state index < -0.39 is 0 Å². The van der Waals surface area contributed by atoms with Crippen molar-refractivity contribution >= 4 is 39.6 Å². The fourth-order valence-corrected chi connectivity index (χ4v) is 1.87. The Morgan fingerprint density at radius 1 is 1.50 bits per heavy atom. The van der Waals surface area contributed by atoms with Gasteiger partial charge in [-0.25, -0.2) is 9.67 Å². The van der Waals surface area contributed by atoms with E-state index in [0.717, 1.165) is 14.7 Å². The lowest BCUT2D eigenvalue weighted by molar-refractivity contribution is 0.543. The van der Waals surface area contributed by atoms with Crippen molar-refractivity contribution in [3.8, 4) is 0 Å². The number of nitrogen functional groups attached to an aromatic ring is 1. The highest BCUT2D eigenvalue weighted by Gasteiger charge is 2.12. The van der Waals surface area contributed by atoms with Crippen molar-refractivity contribution in [2.45, 2.75) is 19.9 Å². The Balaban J connectivity index is 2.79. The van der Waals surface area contributed by atoms with Gasteiger partial charge in [-0.3, -0.25) is 0 Å². The Bertz CT molecular complexity index is 476. The fourth-order valence-electron chi connectivity index (χ4n) is 1.26. The minimum atomic E-state index is 0.273. The Morgan fingerprint density at radius 2 is 2.21 bits per heavy atom. The monoisotopic (exact) mass is 303 g/mol. The quantitative estimate of drug-likeness (QED) is 0.812. The summed E-state index contributed by atoms with van der Waals surface area (Å²) in [7, 11) is 0. The zero-order valence-electron chi connectivity index (χ0n) is 7.90. The molecule has 0 fully saturated rings. The van der Waals surface area contributed by atoms with Crippen LogP contribution in [0.1, 0.15) is 19.9 Å². The number of anilines is 1. The molecular weight excluding hydrogens is 293 g/mol. The predicted molar refractivity (Wildman–Crippen MR) is 62.8 cm³/mol. The zero-order valence-corrected chi connectivity index (χ0v) is 10.1. The second kappa shape index (κ2) is 3.34. The number of hydrogen-bond donors (Lipinski definition) is 1. The topological polar surface area (TPSA) is 69.6 Å². The van der Waals surface area contributed by atoms with Gasteiger partial charge in [-0.2, -0.15) is 10.1 Å². The average Bonchev–Trinajstić information content (AvgIpc) is 2.43. The highest BCUT2D eigenvalue weighted by atomic mass is 127. The second-order valence-electron chi connectivity index (χ2n) is 3.29. The summed E-state index contributed by atoms with van der Waals surface area (Å²) in [5, 5.41) is 5.33. The van der Waals surface area contributed by atoms with Gasteiger partial charge in [0.05, 0.1) is 5.39 Å². The first-order valence-corrected chi connectivity index (χ1v) is 5.33. The van der Waals surface area contributed by atoms with Crippen molar-refractivity contribution in [2.24, 2.45) is 0 Å². The van der Waals surface area contributed by atoms with E-state index in [2.05, 4.69) is 51.5 Å². The van der Waals surface area contributed by atoms with Crippen LogP contribution in [0, 0.1) is 3.70 Å². The number of nitrogens with zero attached hydrogens (tertiary/aromatic N) is 4. The smallest absolute Gasteiger partial charge is 0.222 e. The van der Waals surface area contributed by atoms with Gasteiger partial charge in [-0.05, 0) is 36.4 Å². The summed E-state index contributed by atoms with van der Waals surface area (Å²) in [6.07, 6.45) is 1.71. The van der Waals surface area contributed by atoms with Crippen molar-refractivity contribution < 1.29 is 0 Å². The number of rotatable bonds is 1. The fraction of sp³-hybridized carbons (Fsp3) is 0.375. The maximum Gasteiger partial charge on any atom is 0.222 e. The first-order chi connectivity index (χ1) is 6.59. The minimum Gasteiger partial charge on any atom is -0.368 e. The standard InChI is InChI=1S/C8H10IN5/c1-4(2)14-7-5(6(9)13-14)3-11-8(10)12-7/h3-4H,1-2H3,(H2,10,11,12). The summed E-state index contributed by atoms with van der Waals surface area (Å²) in [4.78, 5) is 8.13. The van der Waals surface area contributed by atoms with Crippen LogP contribution in [-0.2, 0) is 0 Å². The first-order valence-electron chi connectivity index (χ1n) is 4.26. The normalized spacial score (nSPS) is 11.4. The summed E-state index contributed by atoms with van der Waals surface area (Å²) in [6, 6.07) is 0.273. The lowest BCUT2D eigenvalue weighted by Gasteiger charge is -2.05. The molecule has 6 heteroatoms. The molecule has 0 unspecified atom stereocenters. The highest BCUT2D eigenvalue weighted by molar-refractivity contribution is 14.1. The SMILES string of the molecule is CC(C)n1nc(I)c2cnc(N)nc21. The van der Waals surface area contributed by atoms with E-state index in [9.17, 15) is 0 Å². The van der Waals surface area contributed by atoms with Crippen LogP contribution in [0.4, 0.5) is 5.95 Å². The predicted octanol–water partition coefficient (Wildman–Crippen LogP) is 1.59. The molecule has 74 valence electrons. The molecule has 0 aliphatic rings. The molecule has 0 aliphatic carbocycles. The molecule has 2 aromatic heterocycles. The lowest BCUT2D eigenvalue weighted by Crippen LogP contribution is -2.05. The van der Waals surface area contributed by atoms with Crippen LogP contribution in [0.15, 0.2) is 6.20 Å². The van der Waals surface area contributed by atoms with Gasteiger partial charge in [-0.1, -0.05) is 0 Å². The van der Waals surface area contributed by atoms with E-state index in [1.165, 1.54) is 0 Å². The van der Waals surface area contributed by atoms with E-state index in [1.54, 1.807) is 6.20 Å². The molecule has 0 aliphatic heterocycles. The van der Waals surface area contributed by atoms with Gasteiger partial charge in [0.15, 0.2) is 5.65 Å².